The molecule has 0 saturated heterocycles. The molecule has 2 aromatic heterocycles. The van der Waals surface area contributed by atoms with E-state index in [1.165, 1.54) is 77.1 Å². The van der Waals surface area contributed by atoms with Crippen LogP contribution in [0.15, 0.2) is 164 Å². The Bertz CT molecular complexity index is 2540. The molecule has 8 rings (SSSR count). The van der Waals surface area contributed by atoms with E-state index >= 15 is 0 Å². The summed E-state index contributed by atoms with van der Waals surface area (Å²) in [6.07, 6.45) is 6.35. The highest BCUT2D eigenvalue weighted by molar-refractivity contribution is 6.13. The van der Waals surface area contributed by atoms with E-state index in [0.29, 0.717) is 0 Å². The number of aryl methyl sites for hydroxylation is 1. The average molecular weight is 605 g/mol. The lowest BCUT2D eigenvalue weighted by Gasteiger charge is -2.13. The van der Waals surface area contributed by atoms with Crippen LogP contribution in [0.4, 0.5) is 0 Å². The molecule has 6 aromatic carbocycles. The van der Waals surface area contributed by atoms with Crippen molar-refractivity contribution in [1.82, 2.24) is 9.13 Å². The average Bonchev–Trinajstić information content (AvgIpc) is 3.60. The van der Waals surface area contributed by atoms with Crippen molar-refractivity contribution in [3.05, 3.63) is 175 Å². The minimum atomic E-state index is 1.06. The van der Waals surface area contributed by atoms with Crippen LogP contribution in [0.25, 0.3) is 71.7 Å². The van der Waals surface area contributed by atoms with Gasteiger partial charge in [-0.05, 0) is 115 Å². The largest absolute Gasteiger partial charge is 0.309 e. The zero-order valence-corrected chi connectivity index (χ0v) is 27.0. The minimum absolute atomic E-state index is 1.06. The van der Waals surface area contributed by atoms with Gasteiger partial charge >= 0.3 is 0 Å². The molecule has 2 heterocycles. The Hall–Kier alpha value is -5.86. The highest BCUT2D eigenvalue weighted by Gasteiger charge is 2.18. The molecule has 47 heavy (non-hydrogen) atoms. The quantitative estimate of drug-likeness (QED) is 0.167. The van der Waals surface area contributed by atoms with Gasteiger partial charge in [-0.15, -0.1) is 0 Å². The van der Waals surface area contributed by atoms with Gasteiger partial charge in [-0.3, -0.25) is 0 Å². The van der Waals surface area contributed by atoms with Crippen LogP contribution in [0, 0.1) is 6.92 Å². The molecule has 0 atom stereocenters. The van der Waals surface area contributed by atoms with E-state index in [4.69, 9.17) is 0 Å². The Morgan fingerprint density at radius 2 is 1.06 bits per heavy atom. The molecule has 226 valence electrons. The molecule has 0 radical (unpaired) electrons. The lowest BCUT2D eigenvalue weighted by Crippen LogP contribution is -1.95. The number of benzene rings is 6. The maximum Gasteiger partial charge on any atom is 0.0544 e. The Morgan fingerprint density at radius 1 is 0.553 bits per heavy atom. The van der Waals surface area contributed by atoms with Crippen LogP contribution < -0.4 is 0 Å². The van der Waals surface area contributed by atoms with Crippen LogP contribution in [0.5, 0.6) is 0 Å². The van der Waals surface area contributed by atoms with Crippen molar-refractivity contribution in [2.45, 2.75) is 20.8 Å². The van der Waals surface area contributed by atoms with Gasteiger partial charge in [0.05, 0.1) is 22.1 Å². The maximum absolute atomic E-state index is 4.33. The molecule has 2 heteroatoms. The zero-order chi connectivity index (χ0) is 32.1. The summed E-state index contributed by atoms with van der Waals surface area (Å²) < 4.78 is 4.77. The molecule has 0 aliphatic heterocycles. The number of nitrogens with zero attached hydrogens (tertiary/aromatic N) is 2. The van der Waals surface area contributed by atoms with Gasteiger partial charge in [-0.25, -0.2) is 0 Å². The summed E-state index contributed by atoms with van der Waals surface area (Å²) in [5.74, 6) is 0. The van der Waals surface area contributed by atoms with Crippen molar-refractivity contribution < 1.29 is 0 Å². The molecule has 0 N–H and O–H groups in total. The summed E-state index contributed by atoms with van der Waals surface area (Å²) in [6.45, 7) is 10.7. The maximum atomic E-state index is 4.33. The van der Waals surface area contributed by atoms with Gasteiger partial charge in [0.2, 0.25) is 0 Å². The molecule has 0 bridgehead atoms. The molecular formula is C45H36N2. The Labute approximate surface area is 275 Å². The monoisotopic (exact) mass is 604 g/mol. The first-order valence-corrected chi connectivity index (χ1v) is 16.3. The fourth-order valence-corrected chi connectivity index (χ4v) is 7.16. The van der Waals surface area contributed by atoms with Crippen molar-refractivity contribution in [3.8, 4) is 22.5 Å². The van der Waals surface area contributed by atoms with Crippen LogP contribution in [0.3, 0.4) is 0 Å². The second-order valence-electron chi connectivity index (χ2n) is 12.4. The molecule has 0 spiro atoms. The summed E-state index contributed by atoms with van der Waals surface area (Å²) in [5, 5.41) is 4.99. The highest BCUT2D eigenvalue weighted by Crippen LogP contribution is 2.40. The summed E-state index contributed by atoms with van der Waals surface area (Å²) in [6, 6.07) is 48.6. The molecule has 0 fully saturated rings. The minimum Gasteiger partial charge on any atom is -0.309 e. The molecule has 0 amide bonds. The third-order valence-corrected chi connectivity index (χ3v) is 9.35. The lowest BCUT2D eigenvalue weighted by molar-refractivity contribution is 1.18. The van der Waals surface area contributed by atoms with Crippen molar-refractivity contribution in [1.29, 1.82) is 0 Å². The smallest absolute Gasteiger partial charge is 0.0544 e. The Balaban J connectivity index is 1.38. The lowest BCUT2D eigenvalue weighted by atomic mass is 9.93. The molecule has 0 aliphatic rings. The fraction of sp³-hybridized carbons (Fsp3) is 0.0667. The SMILES string of the molecule is C=C(C)/C(=C\C=C/C)c1cc2c3cc(-c4ccc5c(c4)c4ccccc4n5-c4ccccc4)ccc3n(-c3ccccc3)c2cc1C. The van der Waals surface area contributed by atoms with Gasteiger partial charge in [-0.2, -0.15) is 0 Å². The fourth-order valence-electron chi connectivity index (χ4n) is 7.16. The van der Waals surface area contributed by atoms with Gasteiger partial charge < -0.3 is 9.13 Å². The second-order valence-corrected chi connectivity index (χ2v) is 12.4. The van der Waals surface area contributed by atoms with Crippen LogP contribution in [0.2, 0.25) is 0 Å². The zero-order valence-electron chi connectivity index (χ0n) is 27.0. The van der Waals surface area contributed by atoms with E-state index in [0.717, 1.165) is 11.3 Å². The first-order valence-electron chi connectivity index (χ1n) is 16.3. The van der Waals surface area contributed by atoms with Crippen LogP contribution >= 0.6 is 0 Å². The van der Waals surface area contributed by atoms with E-state index in [2.05, 4.69) is 181 Å². The topological polar surface area (TPSA) is 9.86 Å². The first-order chi connectivity index (χ1) is 23.0. The second kappa shape index (κ2) is 11.5. The molecule has 8 aromatic rings. The molecular weight excluding hydrogens is 569 g/mol. The third kappa shape index (κ3) is 4.73. The van der Waals surface area contributed by atoms with Gasteiger partial charge in [0, 0.05) is 32.9 Å². The summed E-state index contributed by atoms with van der Waals surface area (Å²) >= 11 is 0. The number of fused-ring (bicyclic) bond motifs is 6. The summed E-state index contributed by atoms with van der Waals surface area (Å²) in [5.41, 5.74) is 14.2. The number of hydrogen-bond acceptors (Lipinski definition) is 0. The van der Waals surface area contributed by atoms with E-state index in [-0.39, 0.29) is 0 Å². The van der Waals surface area contributed by atoms with Crippen molar-refractivity contribution >= 4 is 49.2 Å². The van der Waals surface area contributed by atoms with Crippen molar-refractivity contribution in [2.75, 3.05) is 0 Å². The van der Waals surface area contributed by atoms with Crippen molar-refractivity contribution in [2.24, 2.45) is 0 Å². The predicted molar refractivity (Wildman–Crippen MR) is 203 cm³/mol. The summed E-state index contributed by atoms with van der Waals surface area (Å²) in [7, 11) is 0. The third-order valence-electron chi connectivity index (χ3n) is 9.35. The Kier molecular flexibility index (Phi) is 7.00. The standard InChI is InChI=1S/C45H36N2/c1-5-6-19-36(30(2)3)38-29-41-40-28-33(23-25-44(40)47(45(41)26-31(38)4)35-17-11-8-12-18-35)32-22-24-43-39(27-32)37-20-13-14-21-42(37)46(43)34-15-9-7-10-16-34/h5-29H,2H2,1,3-4H3/b6-5-,36-19+. The van der Waals surface area contributed by atoms with E-state index in [1.54, 1.807) is 0 Å². The van der Waals surface area contributed by atoms with Crippen LogP contribution in [-0.4, -0.2) is 9.13 Å². The predicted octanol–water partition coefficient (Wildman–Crippen LogP) is 12.4. The number of para-hydroxylation sites is 3. The van der Waals surface area contributed by atoms with Gasteiger partial charge in [-0.1, -0.05) is 97.1 Å². The van der Waals surface area contributed by atoms with Crippen molar-refractivity contribution in [3.63, 3.8) is 0 Å². The molecule has 2 nitrogen and oxygen atoms in total. The molecule has 0 saturated carbocycles. The van der Waals surface area contributed by atoms with Gasteiger partial charge in [0.15, 0.2) is 0 Å². The number of allylic oxidation sites excluding steroid dienone is 5. The van der Waals surface area contributed by atoms with Crippen LogP contribution in [-0.2, 0) is 0 Å². The van der Waals surface area contributed by atoms with Gasteiger partial charge in [0.25, 0.3) is 0 Å². The van der Waals surface area contributed by atoms with E-state index < -0.39 is 0 Å². The van der Waals surface area contributed by atoms with E-state index in [9.17, 15) is 0 Å². The highest BCUT2D eigenvalue weighted by atomic mass is 15.0. The number of aromatic nitrogens is 2. The normalized spacial score (nSPS) is 12.3. The van der Waals surface area contributed by atoms with Crippen LogP contribution in [0.1, 0.15) is 25.0 Å². The first kappa shape index (κ1) is 28.6. The number of rotatable bonds is 6. The van der Waals surface area contributed by atoms with Gasteiger partial charge in [0.1, 0.15) is 0 Å². The summed E-state index contributed by atoms with van der Waals surface area (Å²) in [4.78, 5) is 0. The Morgan fingerprint density at radius 3 is 1.66 bits per heavy atom. The molecule has 0 unspecified atom stereocenters. The molecule has 0 aliphatic carbocycles. The number of hydrogen-bond donors (Lipinski definition) is 0. The van der Waals surface area contributed by atoms with E-state index in [1.807, 2.05) is 6.92 Å².